The molecular formula is C12H11ClO3. The van der Waals surface area contributed by atoms with Crippen molar-refractivity contribution < 1.29 is 14.7 Å². The fourth-order valence-corrected chi connectivity index (χ4v) is 1.35. The molecule has 0 amide bonds. The predicted octanol–water partition coefficient (Wildman–Crippen LogP) is 2.79. The Morgan fingerprint density at radius 3 is 2.31 bits per heavy atom. The zero-order valence-electron chi connectivity index (χ0n) is 8.74. The molecule has 0 atom stereocenters. The number of aliphatic carboxylic acids is 1. The Bertz CT molecular complexity index is 432. The van der Waals surface area contributed by atoms with Crippen LogP contribution in [-0.2, 0) is 9.59 Å². The van der Waals surface area contributed by atoms with Crippen LogP contribution in [0.3, 0.4) is 0 Å². The molecule has 0 aliphatic rings. The molecule has 0 aromatic heterocycles. The Balaban J connectivity index is 3.00. The highest BCUT2D eigenvalue weighted by Crippen LogP contribution is 2.14. The smallest absolute Gasteiger partial charge is 0.376 e. The lowest BCUT2D eigenvalue weighted by Crippen LogP contribution is -2.14. The summed E-state index contributed by atoms with van der Waals surface area (Å²) in [6.07, 6.45) is 1.94. The number of ketones is 1. The van der Waals surface area contributed by atoms with E-state index in [4.69, 9.17) is 16.7 Å². The summed E-state index contributed by atoms with van der Waals surface area (Å²) in [5, 5.41) is 9.19. The molecule has 0 aliphatic heterocycles. The highest BCUT2D eigenvalue weighted by molar-refractivity contribution is 6.40. The van der Waals surface area contributed by atoms with Gasteiger partial charge >= 0.3 is 5.97 Å². The summed E-state index contributed by atoms with van der Waals surface area (Å²) in [5.74, 6) is -2.29. The summed E-state index contributed by atoms with van der Waals surface area (Å²) < 4.78 is 0. The average molecular weight is 239 g/mol. The maximum absolute atomic E-state index is 11.3. The molecule has 16 heavy (non-hydrogen) atoms. The van der Waals surface area contributed by atoms with Crippen LogP contribution in [0, 0.1) is 0 Å². The van der Waals surface area contributed by atoms with Crippen molar-refractivity contribution in [1.82, 2.24) is 0 Å². The fraction of sp³-hybridized carbons (Fsp3) is 0.167. The van der Waals surface area contributed by atoms with Gasteiger partial charge in [-0.2, -0.15) is 0 Å². The summed E-state index contributed by atoms with van der Waals surface area (Å²) in [6.45, 7) is 1.74. The molecule has 4 heteroatoms. The highest BCUT2D eigenvalue weighted by Gasteiger charge is 2.15. The number of halogens is 1. The van der Waals surface area contributed by atoms with Gasteiger partial charge in [-0.15, -0.1) is 0 Å². The van der Waals surface area contributed by atoms with E-state index in [-0.39, 0.29) is 5.57 Å². The predicted molar refractivity (Wildman–Crippen MR) is 62.4 cm³/mol. The molecule has 0 fully saturated rings. The van der Waals surface area contributed by atoms with Crippen molar-refractivity contribution in [1.29, 1.82) is 0 Å². The lowest BCUT2D eigenvalue weighted by molar-refractivity contribution is -0.147. The molecule has 1 rings (SSSR count). The standard InChI is InChI=1S/C12H11ClO3/c1-2-9(11(14)12(15)16)7-8-3-5-10(13)6-4-8/h3-7H,2H2,1H3,(H,15,16)/b9-7+. The van der Waals surface area contributed by atoms with Crippen molar-refractivity contribution >= 4 is 29.4 Å². The molecule has 1 aromatic carbocycles. The number of carboxylic acid groups (broad SMARTS) is 1. The van der Waals surface area contributed by atoms with Gasteiger partial charge in [0.1, 0.15) is 0 Å². The maximum atomic E-state index is 11.3. The number of hydrogen-bond acceptors (Lipinski definition) is 2. The first-order chi connectivity index (χ1) is 7.54. The van der Waals surface area contributed by atoms with E-state index in [9.17, 15) is 9.59 Å². The van der Waals surface area contributed by atoms with Crippen LogP contribution in [0.5, 0.6) is 0 Å². The van der Waals surface area contributed by atoms with Crippen LogP contribution >= 0.6 is 11.6 Å². The lowest BCUT2D eigenvalue weighted by Gasteiger charge is -2.00. The molecule has 0 radical (unpaired) electrons. The molecule has 0 spiro atoms. The minimum absolute atomic E-state index is 0.273. The normalized spacial score (nSPS) is 11.2. The van der Waals surface area contributed by atoms with Crippen molar-refractivity contribution in [3.63, 3.8) is 0 Å². The number of hydrogen-bond donors (Lipinski definition) is 1. The van der Waals surface area contributed by atoms with Crippen LogP contribution < -0.4 is 0 Å². The quantitative estimate of drug-likeness (QED) is 0.648. The van der Waals surface area contributed by atoms with Crippen molar-refractivity contribution in [3.8, 4) is 0 Å². The molecule has 0 saturated carbocycles. The zero-order valence-corrected chi connectivity index (χ0v) is 9.49. The Kier molecular flexibility index (Phi) is 4.26. The maximum Gasteiger partial charge on any atom is 0.376 e. The number of benzene rings is 1. The second-order valence-electron chi connectivity index (χ2n) is 3.21. The van der Waals surface area contributed by atoms with Gasteiger partial charge in [-0.25, -0.2) is 4.79 Å². The molecule has 0 saturated heterocycles. The zero-order chi connectivity index (χ0) is 12.1. The first-order valence-corrected chi connectivity index (χ1v) is 5.16. The molecule has 0 aliphatic carbocycles. The van der Waals surface area contributed by atoms with Crippen LogP contribution in [0.1, 0.15) is 18.9 Å². The monoisotopic (exact) mass is 238 g/mol. The number of carbonyl (C=O) groups excluding carboxylic acids is 1. The van der Waals surface area contributed by atoms with E-state index in [2.05, 4.69) is 0 Å². The Morgan fingerprint density at radius 1 is 1.31 bits per heavy atom. The van der Waals surface area contributed by atoms with Gasteiger partial charge in [-0.05, 0) is 30.2 Å². The first-order valence-electron chi connectivity index (χ1n) is 4.78. The van der Waals surface area contributed by atoms with Crippen LogP contribution in [-0.4, -0.2) is 16.9 Å². The molecule has 3 nitrogen and oxygen atoms in total. The van der Waals surface area contributed by atoms with Gasteiger partial charge in [0, 0.05) is 10.6 Å². The van der Waals surface area contributed by atoms with E-state index in [0.717, 1.165) is 5.56 Å². The largest absolute Gasteiger partial charge is 0.475 e. The van der Waals surface area contributed by atoms with Crippen LogP contribution in [0.2, 0.25) is 5.02 Å². The Labute approximate surface area is 98.4 Å². The molecule has 1 aromatic rings. The first kappa shape index (κ1) is 12.5. The average Bonchev–Trinajstić information content (AvgIpc) is 2.27. The molecule has 84 valence electrons. The van der Waals surface area contributed by atoms with Crippen molar-refractivity contribution in [2.24, 2.45) is 0 Å². The topological polar surface area (TPSA) is 54.4 Å². The van der Waals surface area contributed by atoms with Crippen LogP contribution in [0.15, 0.2) is 29.8 Å². The molecule has 1 N–H and O–H groups in total. The van der Waals surface area contributed by atoms with Gasteiger partial charge in [0.05, 0.1) is 0 Å². The molecular weight excluding hydrogens is 228 g/mol. The van der Waals surface area contributed by atoms with E-state index in [1.165, 1.54) is 0 Å². The van der Waals surface area contributed by atoms with E-state index < -0.39 is 11.8 Å². The fourth-order valence-electron chi connectivity index (χ4n) is 1.23. The van der Waals surface area contributed by atoms with Crippen molar-refractivity contribution in [2.75, 3.05) is 0 Å². The minimum Gasteiger partial charge on any atom is -0.475 e. The molecule has 0 unspecified atom stereocenters. The summed E-state index contributed by atoms with van der Waals surface area (Å²) in [7, 11) is 0. The van der Waals surface area contributed by atoms with Crippen molar-refractivity contribution in [3.05, 3.63) is 40.4 Å². The highest BCUT2D eigenvalue weighted by atomic mass is 35.5. The molecule has 0 bridgehead atoms. The second kappa shape index (κ2) is 5.47. The van der Waals surface area contributed by atoms with Gasteiger partial charge in [0.2, 0.25) is 0 Å². The summed E-state index contributed by atoms with van der Waals surface area (Å²) in [4.78, 5) is 21.8. The van der Waals surface area contributed by atoms with Crippen LogP contribution in [0.25, 0.3) is 6.08 Å². The third kappa shape index (κ3) is 3.21. The number of rotatable bonds is 4. The van der Waals surface area contributed by atoms with E-state index in [0.29, 0.717) is 11.4 Å². The van der Waals surface area contributed by atoms with Gasteiger partial charge < -0.3 is 5.11 Å². The summed E-state index contributed by atoms with van der Waals surface area (Å²) in [6, 6.07) is 6.83. The van der Waals surface area contributed by atoms with Crippen LogP contribution in [0.4, 0.5) is 0 Å². The van der Waals surface area contributed by atoms with Gasteiger partial charge in [-0.1, -0.05) is 30.7 Å². The second-order valence-corrected chi connectivity index (χ2v) is 3.65. The third-order valence-corrected chi connectivity index (χ3v) is 2.33. The Morgan fingerprint density at radius 2 is 1.88 bits per heavy atom. The van der Waals surface area contributed by atoms with Crippen molar-refractivity contribution in [2.45, 2.75) is 13.3 Å². The third-order valence-electron chi connectivity index (χ3n) is 2.08. The van der Waals surface area contributed by atoms with Gasteiger partial charge in [0.15, 0.2) is 0 Å². The minimum atomic E-state index is -1.43. The van der Waals surface area contributed by atoms with Gasteiger partial charge in [0.25, 0.3) is 5.78 Å². The summed E-state index contributed by atoms with van der Waals surface area (Å²) in [5.41, 5.74) is 1.03. The molecule has 0 heterocycles. The van der Waals surface area contributed by atoms with E-state index in [1.807, 2.05) is 0 Å². The number of carboxylic acids is 1. The van der Waals surface area contributed by atoms with Gasteiger partial charge in [-0.3, -0.25) is 4.79 Å². The lowest BCUT2D eigenvalue weighted by atomic mass is 10.0. The number of Topliss-reactive ketones (excluding diaryl/α,β-unsaturated/α-hetero) is 1. The number of carbonyl (C=O) groups is 2. The Hall–Kier alpha value is -1.61. The van der Waals surface area contributed by atoms with E-state index >= 15 is 0 Å². The summed E-state index contributed by atoms with van der Waals surface area (Å²) >= 11 is 5.71. The van der Waals surface area contributed by atoms with E-state index in [1.54, 1.807) is 37.3 Å². The SMILES string of the molecule is CC/C(=C\c1ccc(Cl)cc1)C(=O)C(=O)O.